The van der Waals surface area contributed by atoms with Crippen molar-refractivity contribution in [3.8, 4) is 0 Å². The van der Waals surface area contributed by atoms with E-state index in [0.717, 1.165) is 49.1 Å². The summed E-state index contributed by atoms with van der Waals surface area (Å²) in [5.41, 5.74) is 5.53. The molecule has 0 bridgehead atoms. The summed E-state index contributed by atoms with van der Waals surface area (Å²) in [5.74, 6) is 0. The first-order chi connectivity index (χ1) is 11.9. The number of nitrogens with one attached hydrogen (secondary N) is 1. The molecule has 130 valence electrons. The molecule has 0 fully saturated rings. The van der Waals surface area contributed by atoms with Crippen LogP contribution in [-0.2, 0) is 29.3 Å². The number of aromatic nitrogens is 3. The number of nitrogens with zero attached hydrogens (tertiary/aromatic N) is 3. The summed E-state index contributed by atoms with van der Waals surface area (Å²) in [5, 5.41) is 1.18. The molecule has 0 spiro atoms. The number of sulfone groups is 1. The summed E-state index contributed by atoms with van der Waals surface area (Å²) in [4.78, 5) is 13.9. The van der Waals surface area contributed by atoms with Crippen LogP contribution in [0.5, 0.6) is 0 Å². The number of H-pyrrole nitrogens is 1. The van der Waals surface area contributed by atoms with E-state index < -0.39 is 9.84 Å². The molecule has 6 nitrogen and oxygen atoms in total. The second-order valence-corrected chi connectivity index (χ2v) is 8.63. The van der Waals surface area contributed by atoms with Gasteiger partial charge in [0.25, 0.3) is 0 Å². The molecule has 3 aromatic rings. The lowest BCUT2D eigenvalue weighted by molar-refractivity contribution is 0.243. The molecule has 1 aliphatic rings. The topological polar surface area (TPSA) is 79.0 Å². The Labute approximate surface area is 146 Å². The molecule has 0 atom stereocenters. The zero-order valence-electron chi connectivity index (χ0n) is 14.3. The lowest BCUT2D eigenvalue weighted by Crippen LogP contribution is -2.31. The van der Waals surface area contributed by atoms with Crippen LogP contribution in [0, 0.1) is 6.92 Å². The third kappa shape index (κ3) is 3.17. The van der Waals surface area contributed by atoms with Gasteiger partial charge in [0, 0.05) is 61.2 Å². The summed E-state index contributed by atoms with van der Waals surface area (Å²) >= 11 is 0. The Morgan fingerprint density at radius 1 is 1.32 bits per heavy atom. The monoisotopic (exact) mass is 356 g/mol. The molecule has 0 amide bonds. The number of aromatic amines is 1. The van der Waals surface area contributed by atoms with E-state index in [1.807, 2.05) is 0 Å². The van der Waals surface area contributed by atoms with Crippen molar-refractivity contribution < 1.29 is 8.42 Å². The summed E-state index contributed by atoms with van der Waals surface area (Å²) in [7, 11) is -3.36. The SMILES string of the molecule is Cc1ccc2[nH]cc(CN3CCc4nc(S(C)(=O)=O)ncc4C3)c2c1. The molecule has 4 rings (SSSR count). The molecule has 2 aromatic heterocycles. The van der Waals surface area contributed by atoms with E-state index in [-0.39, 0.29) is 5.16 Å². The van der Waals surface area contributed by atoms with Gasteiger partial charge in [0.15, 0.2) is 0 Å². The maximum absolute atomic E-state index is 11.6. The number of hydrogen-bond acceptors (Lipinski definition) is 5. The van der Waals surface area contributed by atoms with Crippen molar-refractivity contribution in [1.82, 2.24) is 19.9 Å². The highest BCUT2D eigenvalue weighted by Gasteiger charge is 2.21. The van der Waals surface area contributed by atoms with Crippen LogP contribution in [0.15, 0.2) is 35.7 Å². The predicted octanol–water partition coefficient (Wildman–Crippen LogP) is 2.23. The van der Waals surface area contributed by atoms with Crippen molar-refractivity contribution >= 4 is 20.7 Å². The highest BCUT2D eigenvalue weighted by Crippen LogP contribution is 2.24. The fraction of sp³-hybridized carbons (Fsp3) is 0.333. The zero-order valence-corrected chi connectivity index (χ0v) is 15.1. The maximum atomic E-state index is 11.6. The molecule has 0 saturated heterocycles. The average molecular weight is 356 g/mol. The van der Waals surface area contributed by atoms with Crippen LogP contribution >= 0.6 is 0 Å². The zero-order chi connectivity index (χ0) is 17.6. The smallest absolute Gasteiger partial charge is 0.246 e. The fourth-order valence-corrected chi connectivity index (χ4v) is 3.85. The van der Waals surface area contributed by atoms with E-state index in [0.29, 0.717) is 0 Å². The highest BCUT2D eigenvalue weighted by atomic mass is 32.2. The summed E-state index contributed by atoms with van der Waals surface area (Å²) < 4.78 is 23.2. The second kappa shape index (κ2) is 5.93. The van der Waals surface area contributed by atoms with Crippen molar-refractivity contribution in [3.05, 3.63) is 53.0 Å². The van der Waals surface area contributed by atoms with Gasteiger partial charge in [-0.15, -0.1) is 0 Å². The molecule has 1 aromatic carbocycles. The third-order valence-corrected chi connectivity index (χ3v) is 5.50. The van der Waals surface area contributed by atoms with E-state index in [2.05, 4.69) is 51.2 Å². The Morgan fingerprint density at radius 2 is 2.16 bits per heavy atom. The molecular weight excluding hydrogens is 336 g/mol. The highest BCUT2D eigenvalue weighted by molar-refractivity contribution is 7.90. The van der Waals surface area contributed by atoms with Crippen molar-refractivity contribution in [3.63, 3.8) is 0 Å². The average Bonchev–Trinajstić information content (AvgIpc) is 2.95. The summed E-state index contributed by atoms with van der Waals surface area (Å²) in [6.45, 7) is 4.53. The summed E-state index contributed by atoms with van der Waals surface area (Å²) in [6, 6.07) is 6.43. The third-order valence-electron chi connectivity index (χ3n) is 4.64. The van der Waals surface area contributed by atoms with Crippen LogP contribution in [0.3, 0.4) is 0 Å². The molecule has 0 unspecified atom stereocenters. The van der Waals surface area contributed by atoms with E-state index in [9.17, 15) is 8.42 Å². The van der Waals surface area contributed by atoms with Gasteiger partial charge in [-0.1, -0.05) is 11.6 Å². The van der Waals surface area contributed by atoms with Gasteiger partial charge >= 0.3 is 0 Å². The van der Waals surface area contributed by atoms with Gasteiger partial charge in [0.2, 0.25) is 15.0 Å². The fourth-order valence-electron chi connectivity index (χ4n) is 3.33. The van der Waals surface area contributed by atoms with E-state index in [4.69, 9.17) is 0 Å². The number of rotatable bonds is 3. The van der Waals surface area contributed by atoms with Crippen molar-refractivity contribution in [2.24, 2.45) is 0 Å². The molecule has 25 heavy (non-hydrogen) atoms. The van der Waals surface area contributed by atoms with Gasteiger partial charge in [0.1, 0.15) is 0 Å². The lowest BCUT2D eigenvalue weighted by atomic mass is 10.1. The Hall–Kier alpha value is -2.25. The molecule has 0 aliphatic carbocycles. The largest absolute Gasteiger partial charge is 0.361 e. The maximum Gasteiger partial charge on any atom is 0.246 e. The molecule has 0 radical (unpaired) electrons. The Morgan fingerprint density at radius 3 is 2.96 bits per heavy atom. The van der Waals surface area contributed by atoms with E-state index in [1.165, 1.54) is 16.5 Å². The van der Waals surface area contributed by atoms with Crippen molar-refractivity contribution in [1.29, 1.82) is 0 Å². The molecular formula is C18H20N4O2S. The lowest BCUT2D eigenvalue weighted by Gasteiger charge is -2.27. The Balaban J connectivity index is 1.57. The molecule has 0 saturated carbocycles. The Kier molecular flexibility index (Phi) is 3.85. The van der Waals surface area contributed by atoms with Gasteiger partial charge in [-0.3, -0.25) is 4.90 Å². The van der Waals surface area contributed by atoms with Crippen LogP contribution in [0.25, 0.3) is 10.9 Å². The second-order valence-electron chi connectivity index (χ2n) is 6.72. The van der Waals surface area contributed by atoms with Gasteiger partial charge in [-0.2, -0.15) is 0 Å². The molecule has 7 heteroatoms. The first-order valence-corrected chi connectivity index (χ1v) is 10.1. The van der Waals surface area contributed by atoms with Crippen LogP contribution in [0.4, 0.5) is 0 Å². The number of hydrogen-bond donors (Lipinski definition) is 1. The number of benzene rings is 1. The van der Waals surface area contributed by atoms with E-state index >= 15 is 0 Å². The molecule has 1 N–H and O–H groups in total. The Bertz CT molecular complexity index is 1060. The normalized spacial score (nSPS) is 15.4. The number of fused-ring (bicyclic) bond motifs is 2. The van der Waals surface area contributed by atoms with Gasteiger partial charge < -0.3 is 4.98 Å². The standard InChI is InChI=1S/C18H20N4O2S/c1-12-3-4-17-15(7-12)13(8-19-17)10-22-6-5-16-14(11-22)9-20-18(21-16)25(2,23)24/h3-4,7-9,19H,5-6,10-11H2,1-2H3. The quantitative estimate of drug-likeness (QED) is 0.728. The summed E-state index contributed by atoms with van der Waals surface area (Å²) in [6.07, 6.45) is 5.61. The van der Waals surface area contributed by atoms with Crippen LogP contribution < -0.4 is 0 Å². The first kappa shape index (κ1) is 16.2. The molecule has 3 heterocycles. The van der Waals surface area contributed by atoms with Crippen molar-refractivity contribution in [2.45, 2.75) is 31.6 Å². The van der Waals surface area contributed by atoms with Gasteiger partial charge in [-0.25, -0.2) is 18.4 Å². The molecule has 1 aliphatic heterocycles. The van der Waals surface area contributed by atoms with Crippen LogP contribution in [0.2, 0.25) is 0 Å². The predicted molar refractivity (Wildman–Crippen MR) is 96.0 cm³/mol. The first-order valence-electron chi connectivity index (χ1n) is 8.24. The van der Waals surface area contributed by atoms with E-state index in [1.54, 1.807) is 6.20 Å². The van der Waals surface area contributed by atoms with Crippen LogP contribution in [0.1, 0.15) is 22.4 Å². The van der Waals surface area contributed by atoms with Gasteiger partial charge in [0.05, 0.1) is 5.69 Å². The minimum Gasteiger partial charge on any atom is -0.361 e. The van der Waals surface area contributed by atoms with Crippen LogP contribution in [-0.4, -0.2) is 41.1 Å². The van der Waals surface area contributed by atoms with Gasteiger partial charge in [-0.05, 0) is 24.6 Å². The van der Waals surface area contributed by atoms with Crippen molar-refractivity contribution in [2.75, 3.05) is 12.8 Å². The minimum atomic E-state index is -3.36. The number of aryl methyl sites for hydroxylation is 1. The minimum absolute atomic E-state index is 0.0770.